The largest absolute Gasteiger partial charge is 0.236 e. The second-order valence-corrected chi connectivity index (χ2v) is 2.09. The van der Waals surface area contributed by atoms with E-state index in [9.17, 15) is 5.11 Å². The molecule has 0 aromatic carbocycles. The molecular weight excluding hydrogens is 144 g/mol. The molecule has 0 saturated carbocycles. The van der Waals surface area contributed by atoms with Gasteiger partial charge in [0, 0.05) is 6.42 Å². The van der Waals surface area contributed by atoms with Crippen LogP contribution in [0.25, 0.3) is 0 Å². The molecule has 0 rings (SSSR count). The Kier molecular flexibility index (Phi) is 3.47. The van der Waals surface area contributed by atoms with E-state index in [1.54, 1.807) is 0 Å². The first-order chi connectivity index (χ1) is 2.77. The third-order valence-corrected chi connectivity index (χ3v) is 0.770. The highest BCUT2D eigenvalue weighted by molar-refractivity contribution is 9.11. The molecule has 1 nitrogen and oxygen atoms in total. The van der Waals surface area contributed by atoms with E-state index in [0.717, 1.165) is 4.48 Å². The molecule has 0 unspecified atom stereocenters. The van der Waals surface area contributed by atoms with Crippen molar-refractivity contribution >= 4 is 15.9 Å². The second kappa shape index (κ2) is 3.37. The van der Waals surface area contributed by atoms with E-state index >= 15 is 0 Å². The summed E-state index contributed by atoms with van der Waals surface area (Å²) < 4.78 is 0.789. The molecule has 0 aliphatic heterocycles. The third-order valence-electron chi connectivity index (χ3n) is 0.373. The molecule has 0 atom stereocenters. The lowest BCUT2D eigenvalue weighted by Gasteiger charge is -1.82. The second-order valence-electron chi connectivity index (χ2n) is 0.971. The maximum Gasteiger partial charge on any atom is 0.0867 e. The minimum absolute atomic E-state index is 0.0654. The van der Waals surface area contributed by atoms with Gasteiger partial charge in [0.05, 0.1) is 6.61 Å². The summed E-state index contributed by atoms with van der Waals surface area (Å²) in [5.41, 5.74) is 0. The van der Waals surface area contributed by atoms with Crippen LogP contribution >= 0.6 is 15.9 Å². The molecule has 0 aromatic rings. The number of hydrogen-bond donors (Lipinski definition) is 0. The van der Waals surface area contributed by atoms with Gasteiger partial charge in [-0.15, -0.1) is 0 Å². The summed E-state index contributed by atoms with van der Waals surface area (Å²) in [6.45, 7) is 3.40. The zero-order valence-electron chi connectivity index (χ0n) is 3.41. The van der Waals surface area contributed by atoms with E-state index < -0.39 is 0 Å². The highest BCUT2D eigenvalue weighted by Gasteiger charge is 1.81. The molecule has 0 aliphatic rings. The van der Waals surface area contributed by atoms with Gasteiger partial charge in [-0.3, -0.25) is 0 Å². The molecular formula is C4H6BrO. The van der Waals surface area contributed by atoms with Crippen LogP contribution in [0.3, 0.4) is 0 Å². The predicted molar refractivity (Wildman–Crippen MR) is 28.2 cm³/mol. The van der Waals surface area contributed by atoms with Gasteiger partial charge in [0.2, 0.25) is 0 Å². The third kappa shape index (κ3) is 4.18. The fourth-order valence-corrected chi connectivity index (χ4v) is 0.273. The van der Waals surface area contributed by atoms with Gasteiger partial charge >= 0.3 is 0 Å². The Morgan fingerprint density at radius 2 is 2.33 bits per heavy atom. The molecule has 0 N–H and O–H groups in total. The summed E-state index contributed by atoms with van der Waals surface area (Å²) >= 11 is 3.04. The Hall–Kier alpha value is 0.180. The van der Waals surface area contributed by atoms with Gasteiger partial charge in [0.15, 0.2) is 0 Å². The fourth-order valence-electron chi connectivity index (χ4n) is 0.111. The van der Waals surface area contributed by atoms with E-state index in [4.69, 9.17) is 0 Å². The maximum atomic E-state index is 9.65. The van der Waals surface area contributed by atoms with E-state index in [-0.39, 0.29) is 6.61 Å². The molecule has 0 aliphatic carbocycles. The Balaban J connectivity index is 2.83. The van der Waals surface area contributed by atoms with Crippen LogP contribution in [0.4, 0.5) is 0 Å². The van der Waals surface area contributed by atoms with Crippen LogP contribution in [-0.4, -0.2) is 6.61 Å². The standard InChI is InChI=1S/C4H6BrO/c1-4(5)2-3-6/h1-3H2. The summed E-state index contributed by atoms with van der Waals surface area (Å²) in [4.78, 5) is 0. The zero-order chi connectivity index (χ0) is 4.99. The van der Waals surface area contributed by atoms with Gasteiger partial charge in [0.25, 0.3) is 0 Å². The summed E-state index contributed by atoms with van der Waals surface area (Å²) in [5.74, 6) is 0. The summed E-state index contributed by atoms with van der Waals surface area (Å²) in [7, 11) is 0. The highest BCUT2D eigenvalue weighted by atomic mass is 79.9. The van der Waals surface area contributed by atoms with Gasteiger partial charge in [0.1, 0.15) is 0 Å². The number of hydrogen-bond acceptors (Lipinski definition) is 0. The van der Waals surface area contributed by atoms with Crippen molar-refractivity contribution in [2.24, 2.45) is 0 Å². The molecule has 0 amide bonds. The minimum atomic E-state index is -0.0654. The lowest BCUT2D eigenvalue weighted by atomic mass is 10.5. The summed E-state index contributed by atoms with van der Waals surface area (Å²) in [6.07, 6.45) is 0.542. The van der Waals surface area contributed by atoms with Crippen LogP contribution in [0.1, 0.15) is 6.42 Å². The molecule has 0 aromatic heterocycles. The molecule has 2 heteroatoms. The minimum Gasteiger partial charge on any atom is -0.236 e. The van der Waals surface area contributed by atoms with Crippen molar-refractivity contribution in [3.05, 3.63) is 11.1 Å². The van der Waals surface area contributed by atoms with E-state index in [0.29, 0.717) is 6.42 Å². The monoisotopic (exact) mass is 149 g/mol. The summed E-state index contributed by atoms with van der Waals surface area (Å²) in [5, 5.41) is 9.65. The van der Waals surface area contributed by atoms with Crippen LogP contribution in [0.15, 0.2) is 11.1 Å². The van der Waals surface area contributed by atoms with Gasteiger partial charge < -0.3 is 0 Å². The fraction of sp³-hybridized carbons (Fsp3) is 0.500. The molecule has 6 heavy (non-hydrogen) atoms. The topological polar surface area (TPSA) is 19.9 Å². The molecule has 35 valence electrons. The molecule has 0 saturated heterocycles. The Morgan fingerprint density at radius 1 is 1.83 bits per heavy atom. The molecule has 1 radical (unpaired) electrons. The van der Waals surface area contributed by atoms with Crippen molar-refractivity contribution in [1.29, 1.82) is 0 Å². The van der Waals surface area contributed by atoms with Crippen LogP contribution in [0, 0.1) is 0 Å². The number of halogens is 1. The van der Waals surface area contributed by atoms with Crippen molar-refractivity contribution in [3.8, 4) is 0 Å². The Bertz CT molecular complexity index is 51.5. The summed E-state index contributed by atoms with van der Waals surface area (Å²) in [6, 6.07) is 0. The van der Waals surface area contributed by atoms with Crippen molar-refractivity contribution in [1.82, 2.24) is 0 Å². The van der Waals surface area contributed by atoms with Gasteiger partial charge in [-0.25, -0.2) is 5.11 Å². The van der Waals surface area contributed by atoms with E-state index in [2.05, 4.69) is 22.5 Å². The SMILES string of the molecule is C=C(Br)CC[O]. The van der Waals surface area contributed by atoms with Gasteiger partial charge in [-0.05, 0) is 4.48 Å². The van der Waals surface area contributed by atoms with Crippen LogP contribution < -0.4 is 0 Å². The van der Waals surface area contributed by atoms with Crippen LogP contribution in [0.5, 0.6) is 0 Å². The molecule has 0 spiro atoms. The van der Waals surface area contributed by atoms with Crippen molar-refractivity contribution < 1.29 is 5.11 Å². The first-order valence-corrected chi connectivity index (χ1v) is 2.48. The Labute approximate surface area is 45.8 Å². The highest BCUT2D eigenvalue weighted by Crippen LogP contribution is 2.03. The lowest BCUT2D eigenvalue weighted by molar-refractivity contribution is 0.199. The van der Waals surface area contributed by atoms with E-state index in [1.165, 1.54) is 0 Å². The van der Waals surface area contributed by atoms with Gasteiger partial charge in [-0.1, -0.05) is 22.5 Å². The van der Waals surface area contributed by atoms with Crippen molar-refractivity contribution in [2.45, 2.75) is 6.42 Å². The first kappa shape index (κ1) is 6.18. The smallest absolute Gasteiger partial charge is 0.0867 e. The average molecular weight is 150 g/mol. The molecule has 0 bridgehead atoms. The van der Waals surface area contributed by atoms with Gasteiger partial charge in [-0.2, -0.15) is 0 Å². The molecule has 0 heterocycles. The normalized spacial score (nSPS) is 8.33. The zero-order valence-corrected chi connectivity index (χ0v) is 4.99. The number of rotatable bonds is 2. The lowest BCUT2D eigenvalue weighted by Crippen LogP contribution is -1.74. The predicted octanol–water partition coefficient (Wildman–Crippen LogP) is 1.72. The average Bonchev–Trinajstić information content (AvgIpc) is 1.35. The first-order valence-electron chi connectivity index (χ1n) is 1.68. The van der Waals surface area contributed by atoms with Crippen molar-refractivity contribution in [2.75, 3.05) is 6.61 Å². The van der Waals surface area contributed by atoms with Crippen LogP contribution in [-0.2, 0) is 5.11 Å². The maximum absolute atomic E-state index is 9.65. The van der Waals surface area contributed by atoms with Crippen LogP contribution in [0.2, 0.25) is 0 Å². The van der Waals surface area contributed by atoms with Crippen molar-refractivity contribution in [3.63, 3.8) is 0 Å². The quantitative estimate of drug-likeness (QED) is 0.571. The Morgan fingerprint density at radius 3 is 2.33 bits per heavy atom. The van der Waals surface area contributed by atoms with E-state index in [1.807, 2.05) is 0 Å². The molecule has 0 fully saturated rings.